The number of nitrogens with two attached hydrogens (primary N) is 1. The van der Waals surface area contributed by atoms with Gasteiger partial charge in [0.2, 0.25) is 0 Å². The number of fused-ring (bicyclic) bond motifs is 1. The Bertz CT molecular complexity index is 379. The molecule has 0 radical (unpaired) electrons. The van der Waals surface area contributed by atoms with Gasteiger partial charge in [-0.1, -0.05) is 24.3 Å². The fourth-order valence-corrected chi connectivity index (χ4v) is 1.91. The van der Waals surface area contributed by atoms with Crippen molar-refractivity contribution in [2.75, 3.05) is 7.05 Å². The van der Waals surface area contributed by atoms with Crippen LogP contribution in [0.2, 0.25) is 0 Å². The van der Waals surface area contributed by atoms with Crippen molar-refractivity contribution in [1.29, 1.82) is 0 Å². The van der Waals surface area contributed by atoms with E-state index in [1.54, 1.807) is 0 Å². The van der Waals surface area contributed by atoms with Gasteiger partial charge in [0.15, 0.2) is 0 Å². The van der Waals surface area contributed by atoms with Gasteiger partial charge in [-0.15, -0.1) is 0 Å². The van der Waals surface area contributed by atoms with Crippen LogP contribution in [0.25, 0.3) is 0 Å². The Morgan fingerprint density at radius 1 is 1.53 bits per heavy atom. The van der Waals surface area contributed by atoms with Crippen molar-refractivity contribution < 1.29 is 9.53 Å². The lowest BCUT2D eigenvalue weighted by molar-refractivity contribution is 0.0905. The molecule has 0 aromatic heterocycles. The van der Waals surface area contributed by atoms with Crippen molar-refractivity contribution in [2.45, 2.75) is 18.6 Å². The van der Waals surface area contributed by atoms with E-state index in [1.165, 1.54) is 12.6 Å². The van der Waals surface area contributed by atoms with Gasteiger partial charge in [0, 0.05) is 7.05 Å². The molecule has 4 heteroatoms. The van der Waals surface area contributed by atoms with E-state index in [1.807, 2.05) is 24.3 Å². The highest BCUT2D eigenvalue weighted by Crippen LogP contribution is 2.32. The molecule has 1 aromatic carbocycles. The Morgan fingerprint density at radius 2 is 2.27 bits per heavy atom. The zero-order chi connectivity index (χ0) is 10.8. The van der Waals surface area contributed by atoms with Gasteiger partial charge in [-0.2, -0.15) is 0 Å². The maximum Gasteiger partial charge on any atom is 0.407 e. The smallest absolute Gasteiger partial charge is 0.407 e. The molecule has 1 aliphatic carbocycles. The van der Waals surface area contributed by atoms with E-state index in [2.05, 4.69) is 5.32 Å². The van der Waals surface area contributed by atoms with E-state index in [-0.39, 0.29) is 12.1 Å². The van der Waals surface area contributed by atoms with Crippen molar-refractivity contribution in [2.24, 2.45) is 5.73 Å². The first-order valence-electron chi connectivity index (χ1n) is 4.94. The van der Waals surface area contributed by atoms with E-state index >= 15 is 0 Å². The molecule has 1 amide bonds. The summed E-state index contributed by atoms with van der Waals surface area (Å²) in [5.74, 6) is 0. The van der Waals surface area contributed by atoms with Crippen LogP contribution in [-0.2, 0) is 11.2 Å². The Kier molecular flexibility index (Phi) is 2.60. The Hall–Kier alpha value is -1.55. The number of alkyl carbamates (subject to hydrolysis) is 1. The second-order valence-corrected chi connectivity index (χ2v) is 3.64. The summed E-state index contributed by atoms with van der Waals surface area (Å²) < 4.78 is 5.22. The lowest BCUT2D eigenvalue weighted by atomic mass is 10.1. The molecule has 0 saturated carbocycles. The van der Waals surface area contributed by atoms with Crippen molar-refractivity contribution in [3.8, 4) is 0 Å². The summed E-state index contributed by atoms with van der Waals surface area (Å²) in [5, 5.41) is 2.43. The monoisotopic (exact) mass is 206 g/mol. The number of nitrogens with one attached hydrogen (secondary N) is 1. The molecule has 0 unspecified atom stereocenters. The lowest BCUT2D eigenvalue weighted by Crippen LogP contribution is -2.31. The molecule has 1 aromatic rings. The van der Waals surface area contributed by atoms with Gasteiger partial charge in [-0.05, 0) is 17.5 Å². The van der Waals surface area contributed by atoms with Crippen LogP contribution in [0.15, 0.2) is 24.3 Å². The first-order valence-corrected chi connectivity index (χ1v) is 4.94. The third-order valence-corrected chi connectivity index (χ3v) is 2.64. The first kappa shape index (κ1) is 9.98. The van der Waals surface area contributed by atoms with Crippen LogP contribution in [0.5, 0.6) is 0 Å². The second-order valence-electron chi connectivity index (χ2n) is 3.64. The topological polar surface area (TPSA) is 64.3 Å². The minimum atomic E-state index is -0.438. The summed E-state index contributed by atoms with van der Waals surface area (Å²) in [5.41, 5.74) is 8.11. The third kappa shape index (κ3) is 1.80. The molecule has 1 aliphatic rings. The quantitative estimate of drug-likeness (QED) is 0.719. The van der Waals surface area contributed by atoms with Crippen LogP contribution in [0.3, 0.4) is 0 Å². The maximum atomic E-state index is 11.1. The van der Waals surface area contributed by atoms with E-state index in [9.17, 15) is 4.79 Å². The average molecular weight is 206 g/mol. The fourth-order valence-electron chi connectivity index (χ4n) is 1.91. The number of ether oxygens (including phenoxy) is 1. The molecule has 2 atom stereocenters. The number of hydrogen-bond donors (Lipinski definition) is 2. The Morgan fingerprint density at radius 3 is 3.00 bits per heavy atom. The van der Waals surface area contributed by atoms with Crippen molar-refractivity contribution in [1.82, 2.24) is 5.32 Å². The van der Waals surface area contributed by atoms with Crippen LogP contribution in [-0.4, -0.2) is 19.2 Å². The van der Waals surface area contributed by atoms with Crippen LogP contribution >= 0.6 is 0 Å². The molecular weight excluding hydrogens is 192 g/mol. The van der Waals surface area contributed by atoms with Crippen molar-refractivity contribution in [3.63, 3.8) is 0 Å². The number of carbonyl (C=O) groups is 1. The standard InChI is InChI=1S/C11H14N2O2/c1-13-11(14)15-10-8-5-3-2-4-7(8)6-9(10)12/h2-5,9-10H,6,12H2,1H3,(H,13,14)/t9-,10-/m1/s1. The highest BCUT2D eigenvalue weighted by molar-refractivity contribution is 5.67. The highest BCUT2D eigenvalue weighted by Gasteiger charge is 2.32. The summed E-state index contributed by atoms with van der Waals surface area (Å²) in [7, 11) is 1.54. The summed E-state index contributed by atoms with van der Waals surface area (Å²) in [6.07, 6.45) is 0.00554. The van der Waals surface area contributed by atoms with E-state index in [0.29, 0.717) is 0 Å². The molecule has 3 N–H and O–H groups in total. The van der Waals surface area contributed by atoms with Gasteiger partial charge in [-0.3, -0.25) is 0 Å². The second kappa shape index (κ2) is 3.90. The van der Waals surface area contributed by atoms with Crippen LogP contribution < -0.4 is 11.1 Å². The van der Waals surface area contributed by atoms with Gasteiger partial charge < -0.3 is 15.8 Å². The average Bonchev–Trinajstić information content (AvgIpc) is 2.55. The number of rotatable bonds is 1. The predicted molar refractivity (Wildman–Crippen MR) is 56.4 cm³/mol. The minimum Gasteiger partial charge on any atom is -0.440 e. The van der Waals surface area contributed by atoms with Gasteiger partial charge in [0.25, 0.3) is 0 Å². The number of benzene rings is 1. The van der Waals surface area contributed by atoms with Gasteiger partial charge in [0.1, 0.15) is 6.10 Å². The van der Waals surface area contributed by atoms with Crippen LogP contribution in [0.1, 0.15) is 17.2 Å². The first-order chi connectivity index (χ1) is 7.22. The molecule has 15 heavy (non-hydrogen) atoms. The summed E-state index contributed by atoms with van der Waals surface area (Å²) in [6.45, 7) is 0. The number of amides is 1. The normalized spacial score (nSPS) is 23.3. The molecule has 0 heterocycles. The summed E-state index contributed by atoms with van der Waals surface area (Å²) in [4.78, 5) is 11.1. The van der Waals surface area contributed by atoms with Crippen molar-refractivity contribution >= 4 is 6.09 Å². The van der Waals surface area contributed by atoms with E-state index in [0.717, 1.165) is 12.0 Å². The van der Waals surface area contributed by atoms with Crippen LogP contribution in [0, 0.1) is 0 Å². The van der Waals surface area contributed by atoms with Crippen LogP contribution in [0.4, 0.5) is 4.79 Å². The predicted octanol–water partition coefficient (Wildman–Crippen LogP) is 0.967. The molecule has 4 nitrogen and oxygen atoms in total. The SMILES string of the molecule is CNC(=O)O[C@@H]1c2ccccc2C[C@H]1N. The lowest BCUT2D eigenvalue weighted by Gasteiger charge is -2.17. The minimum absolute atomic E-state index is 0.139. The largest absolute Gasteiger partial charge is 0.440 e. The Balaban J connectivity index is 2.22. The maximum absolute atomic E-state index is 11.1. The van der Waals surface area contributed by atoms with Gasteiger partial charge in [0.05, 0.1) is 6.04 Å². The zero-order valence-electron chi connectivity index (χ0n) is 8.57. The van der Waals surface area contributed by atoms with E-state index in [4.69, 9.17) is 10.5 Å². The fraction of sp³-hybridized carbons (Fsp3) is 0.364. The molecular formula is C11H14N2O2. The number of carbonyl (C=O) groups excluding carboxylic acids is 1. The summed E-state index contributed by atoms with van der Waals surface area (Å²) in [6, 6.07) is 7.73. The molecule has 2 rings (SSSR count). The Labute approximate surface area is 88.4 Å². The molecule has 80 valence electrons. The molecule has 0 spiro atoms. The van der Waals surface area contributed by atoms with Crippen molar-refractivity contribution in [3.05, 3.63) is 35.4 Å². The highest BCUT2D eigenvalue weighted by atomic mass is 16.6. The number of hydrogen-bond acceptors (Lipinski definition) is 3. The van der Waals surface area contributed by atoms with E-state index < -0.39 is 6.09 Å². The van der Waals surface area contributed by atoms with Gasteiger partial charge in [-0.25, -0.2) is 4.79 Å². The molecule has 0 saturated heterocycles. The zero-order valence-corrected chi connectivity index (χ0v) is 8.57. The molecule has 0 bridgehead atoms. The molecule has 0 aliphatic heterocycles. The summed E-state index contributed by atoms with van der Waals surface area (Å²) >= 11 is 0. The molecule has 0 fully saturated rings. The van der Waals surface area contributed by atoms with Gasteiger partial charge >= 0.3 is 6.09 Å². The third-order valence-electron chi connectivity index (χ3n) is 2.64.